The molecule has 0 aromatic heterocycles. The smallest absolute Gasteiger partial charge is 0.0314 e. The van der Waals surface area contributed by atoms with E-state index in [4.69, 9.17) is 5.73 Å². The number of nitrogens with two attached hydrogens (primary N) is 1. The molecule has 0 aliphatic carbocycles. The van der Waals surface area contributed by atoms with Crippen molar-refractivity contribution >= 4 is 30.5 Å². The van der Waals surface area contributed by atoms with Crippen LogP contribution in [0.1, 0.15) is 12.5 Å². The molecule has 0 saturated heterocycles. The monoisotopic (exact) mass is 236 g/mol. The molecule has 0 amide bonds. The van der Waals surface area contributed by atoms with Gasteiger partial charge in [0, 0.05) is 12.2 Å². The highest BCUT2D eigenvalue weighted by molar-refractivity contribution is 5.85. The maximum atomic E-state index is 5.58. The van der Waals surface area contributed by atoms with Crippen molar-refractivity contribution in [2.45, 2.75) is 13.5 Å². The second kappa shape index (κ2) is 7.92. The molecule has 1 rings (SSSR count). The van der Waals surface area contributed by atoms with E-state index in [0.717, 1.165) is 18.8 Å². The summed E-state index contributed by atoms with van der Waals surface area (Å²) in [7, 11) is 2.11. The first kappa shape index (κ1) is 16.0. The van der Waals surface area contributed by atoms with E-state index >= 15 is 0 Å². The molecule has 0 aliphatic heterocycles. The van der Waals surface area contributed by atoms with Crippen molar-refractivity contribution in [1.29, 1.82) is 0 Å². The summed E-state index contributed by atoms with van der Waals surface area (Å²) in [5, 5.41) is 0. The third kappa shape index (κ3) is 5.32. The molecule has 0 heterocycles. The van der Waals surface area contributed by atoms with Gasteiger partial charge in [-0.25, -0.2) is 0 Å². The molecule has 0 radical (unpaired) electrons. The number of nitrogen functional groups attached to an aromatic ring is 1. The van der Waals surface area contributed by atoms with Crippen LogP contribution in [0, 0.1) is 0 Å². The van der Waals surface area contributed by atoms with Crippen molar-refractivity contribution in [2.75, 3.05) is 19.3 Å². The predicted octanol–water partition coefficient (Wildman–Crippen LogP) is 2.56. The Morgan fingerprint density at radius 1 is 1.14 bits per heavy atom. The van der Waals surface area contributed by atoms with Gasteiger partial charge in [-0.1, -0.05) is 19.1 Å². The largest absolute Gasteiger partial charge is 0.399 e. The maximum absolute atomic E-state index is 5.58. The second-order valence-corrected chi connectivity index (χ2v) is 3.07. The van der Waals surface area contributed by atoms with Crippen molar-refractivity contribution in [2.24, 2.45) is 0 Å². The summed E-state index contributed by atoms with van der Waals surface area (Å²) in [6.07, 6.45) is 0. The van der Waals surface area contributed by atoms with Crippen LogP contribution >= 0.6 is 24.8 Å². The van der Waals surface area contributed by atoms with E-state index in [0.29, 0.717) is 0 Å². The lowest BCUT2D eigenvalue weighted by Crippen LogP contribution is -2.16. The van der Waals surface area contributed by atoms with Gasteiger partial charge in [0.15, 0.2) is 0 Å². The second-order valence-electron chi connectivity index (χ2n) is 3.07. The lowest BCUT2D eigenvalue weighted by atomic mass is 10.2. The molecule has 2 nitrogen and oxygen atoms in total. The van der Waals surface area contributed by atoms with Gasteiger partial charge in [0.25, 0.3) is 0 Å². The number of benzene rings is 1. The highest BCUT2D eigenvalue weighted by Crippen LogP contribution is 2.06. The van der Waals surface area contributed by atoms with Crippen LogP contribution in [0.5, 0.6) is 0 Å². The summed E-state index contributed by atoms with van der Waals surface area (Å²) in [5.41, 5.74) is 7.72. The summed E-state index contributed by atoms with van der Waals surface area (Å²) in [5.74, 6) is 0. The Hall–Kier alpha value is -0.440. The lowest BCUT2D eigenvalue weighted by Gasteiger charge is -2.13. The molecule has 0 aliphatic rings. The van der Waals surface area contributed by atoms with E-state index in [-0.39, 0.29) is 24.8 Å². The molecular formula is C10H18Cl2N2. The minimum absolute atomic E-state index is 0. The minimum Gasteiger partial charge on any atom is -0.399 e. The molecule has 0 atom stereocenters. The Morgan fingerprint density at radius 3 is 2.07 bits per heavy atom. The third-order valence-corrected chi connectivity index (χ3v) is 1.97. The van der Waals surface area contributed by atoms with Crippen molar-refractivity contribution < 1.29 is 0 Å². The van der Waals surface area contributed by atoms with Gasteiger partial charge in [-0.3, -0.25) is 0 Å². The van der Waals surface area contributed by atoms with Crippen LogP contribution < -0.4 is 5.73 Å². The molecule has 0 fully saturated rings. The van der Waals surface area contributed by atoms with E-state index < -0.39 is 0 Å². The van der Waals surface area contributed by atoms with Crippen LogP contribution in [0.2, 0.25) is 0 Å². The van der Waals surface area contributed by atoms with E-state index in [9.17, 15) is 0 Å². The lowest BCUT2D eigenvalue weighted by molar-refractivity contribution is 0.346. The van der Waals surface area contributed by atoms with Gasteiger partial charge in [0.2, 0.25) is 0 Å². The number of halogens is 2. The quantitative estimate of drug-likeness (QED) is 0.818. The normalized spacial score (nSPS) is 9.07. The van der Waals surface area contributed by atoms with E-state index in [2.05, 4.69) is 31.0 Å². The van der Waals surface area contributed by atoms with Gasteiger partial charge in [-0.15, -0.1) is 24.8 Å². The van der Waals surface area contributed by atoms with Crippen LogP contribution in [0.3, 0.4) is 0 Å². The fourth-order valence-corrected chi connectivity index (χ4v) is 1.05. The number of anilines is 1. The summed E-state index contributed by atoms with van der Waals surface area (Å²) < 4.78 is 0. The average molecular weight is 237 g/mol. The molecule has 1 aromatic carbocycles. The molecule has 0 unspecified atom stereocenters. The molecule has 0 bridgehead atoms. The zero-order valence-corrected chi connectivity index (χ0v) is 10.2. The van der Waals surface area contributed by atoms with Gasteiger partial charge < -0.3 is 10.6 Å². The van der Waals surface area contributed by atoms with Crippen LogP contribution in [-0.2, 0) is 6.54 Å². The number of rotatable bonds is 3. The van der Waals surface area contributed by atoms with Crippen molar-refractivity contribution in [1.82, 2.24) is 4.90 Å². The standard InChI is InChI=1S/C10H16N2.2ClH/c1-3-12(2)8-9-4-6-10(11)7-5-9;;/h4-7H,3,8,11H2,1-2H3;2*1H. The zero-order valence-electron chi connectivity index (χ0n) is 8.56. The summed E-state index contributed by atoms with van der Waals surface area (Å²) in [6, 6.07) is 8.03. The molecular weight excluding hydrogens is 219 g/mol. The van der Waals surface area contributed by atoms with E-state index in [1.807, 2.05) is 12.1 Å². The topological polar surface area (TPSA) is 29.3 Å². The first-order chi connectivity index (χ1) is 5.72. The first-order valence-electron chi connectivity index (χ1n) is 4.25. The number of hydrogen-bond donors (Lipinski definition) is 1. The van der Waals surface area contributed by atoms with E-state index in [1.54, 1.807) is 0 Å². The minimum atomic E-state index is 0. The summed E-state index contributed by atoms with van der Waals surface area (Å²) in [6.45, 7) is 4.22. The van der Waals surface area contributed by atoms with Gasteiger partial charge in [0.05, 0.1) is 0 Å². The predicted molar refractivity (Wildman–Crippen MR) is 67.4 cm³/mol. The van der Waals surface area contributed by atoms with Gasteiger partial charge in [0.1, 0.15) is 0 Å². The highest BCUT2D eigenvalue weighted by atomic mass is 35.5. The maximum Gasteiger partial charge on any atom is 0.0314 e. The Morgan fingerprint density at radius 2 is 1.64 bits per heavy atom. The van der Waals surface area contributed by atoms with Crippen molar-refractivity contribution in [3.05, 3.63) is 29.8 Å². The first-order valence-corrected chi connectivity index (χ1v) is 4.25. The average Bonchev–Trinajstić information content (AvgIpc) is 2.09. The van der Waals surface area contributed by atoms with Crippen LogP contribution in [0.25, 0.3) is 0 Å². The van der Waals surface area contributed by atoms with Crippen LogP contribution in [-0.4, -0.2) is 18.5 Å². The Balaban J connectivity index is 0. The van der Waals surface area contributed by atoms with Crippen molar-refractivity contribution in [3.63, 3.8) is 0 Å². The van der Waals surface area contributed by atoms with Gasteiger partial charge in [-0.05, 0) is 31.3 Å². The van der Waals surface area contributed by atoms with Crippen molar-refractivity contribution in [3.8, 4) is 0 Å². The Bertz CT molecular complexity index is 236. The van der Waals surface area contributed by atoms with Crippen LogP contribution in [0.4, 0.5) is 5.69 Å². The number of nitrogens with zero attached hydrogens (tertiary/aromatic N) is 1. The van der Waals surface area contributed by atoms with E-state index in [1.165, 1.54) is 5.56 Å². The highest BCUT2D eigenvalue weighted by Gasteiger charge is 1.96. The summed E-state index contributed by atoms with van der Waals surface area (Å²) >= 11 is 0. The third-order valence-electron chi connectivity index (χ3n) is 1.97. The Kier molecular flexibility index (Phi) is 9.05. The fraction of sp³-hybridized carbons (Fsp3) is 0.400. The fourth-order valence-electron chi connectivity index (χ4n) is 1.05. The molecule has 0 saturated carbocycles. The summed E-state index contributed by atoms with van der Waals surface area (Å²) in [4.78, 5) is 2.26. The molecule has 2 N–H and O–H groups in total. The Labute approximate surface area is 98.3 Å². The molecule has 0 spiro atoms. The molecule has 4 heteroatoms. The number of hydrogen-bond acceptors (Lipinski definition) is 2. The molecule has 82 valence electrons. The van der Waals surface area contributed by atoms with Gasteiger partial charge in [-0.2, -0.15) is 0 Å². The van der Waals surface area contributed by atoms with Gasteiger partial charge >= 0.3 is 0 Å². The molecule has 14 heavy (non-hydrogen) atoms. The molecule has 1 aromatic rings. The van der Waals surface area contributed by atoms with Crippen LogP contribution in [0.15, 0.2) is 24.3 Å². The zero-order chi connectivity index (χ0) is 8.97. The SMILES string of the molecule is CCN(C)Cc1ccc(N)cc1.Cl.Cl.